The highest BCUT2D eigenvalue weighted by Crippen LogP contribution is 2.22. The first-order valence-corrected chi connectivity index (χ1v) is 9.57. The Morgan fingerprint density at radius 2 is 2.08 bits per heavy atom. The van der Waals surface area contributed by atoms with Crippen molar-refractivity contribution in [2.45, 2.75) is 39.2 Å². The van der Waals surface area contributed by atoms with E-state index in [0.717, 1.165) is 61.2 Å². The lowest BCUT2D eigenvalue weighted by molar-refractivity contribution is -0.131. The van der Waals surface area contributed by atoms with Crippen LogP contribution in [0.4, 0.5) is 0 Å². The Balaban J connectivity index is 1.33. The lowest BCUT2D eigenvalue weighted by Crippen LogP contribution is -2.40. The summed E-state index contributed by atoms with van der Waals surface area (Å²) in [4.78, 5) is 22.4. The average Bonchev–Trinajstić information content (AvgIpc) is 3.29. The number of rotatable bonds is 5. The fourth-order valence-electron chi connectivity index (χ4n) is 4.02. The largest absolute Gasteiger partial charge is 0.361 e. The number of carbonyl (C=O) groups excluding carboxylic acids is 1. The van der Waals surface area contributed by atoms with Crippen LogP contribution in [0.2, 0.25) is 0 Å². The summed E-state index contributed by atoms with van der Waals surface area (Å²) in [5, 5.41) is 1.16. The van der Waals surface area contributed by atoms with Crippen LogP contribution in [0.3, 0.4) is 0 Å². The molecule has 1 fully saturated rings. The first kappa shape index (κ1) is 16.9. The standard InChI is InChI=1S/C21H26N4O/c1-2-20-22-9-12-25(20)15-16-7-10-24(11-8-16)21(26)13-17-14-23-19-6-4-3-5-18(17)19/h3-6,9,12,14,16,23H,2,7-8,10-11,13,15H2,1H3. The van der Waals surface area contributed by atoms with Crippen LogP contribution in [0.15, 0.2) is 42.9 Å². The zero-order valence-electron chi connectivity index (χ0n) is 15.3. The van der Waals surface area contributed by atoms with Crippen LogP contribution in [0.25, 0.3) is 10.9 Å². The van der Waals surface area contributed by atoms with E-state index >= 15 is 0 Å². The number of fused-ring (bicyclic) bond motifs is 1. The average molecular weight is 350 g/mol. The number of likely N-dealkylation sites (tertiary alicyclic amines) is 1. The summed E-state index contributed by atoms with van der Waals surface area (Å²) in [6.45, 7) is 4.89. The van der Waals surface area contributed by atoms with Crippen molar-refractivity contribution in [1.82, 2.24) is 19.4 Å². The van der Waals surface area contributed by atoms with Gasteiger partial charge in [0.1, 0.15) is 5.82 Å². The van der Waals surface area contributed by atoms with Gasteiger partial charge in [-0.1, -0.05) is 25.1 Å². The zero-order chi connectivity index (χ0) is 17.9. The van der Waals surface area contributed by atoms with Gasteiger partial charge in [-0.2, -0.15) is 0 Å². The van der Waals surface area contributed by atoms with Gasteiger partial charge in [0.15, 0.2) is 0 Å². The number of imidazole rings is 1. The smallest absolute Gasteiger partial charge is 0.227 e. The summed E-state index contributed by atoms with van der Waals surface area (Å²) < 4.78 is 2.27. The molecule has 0 saturated carbocycles. The monoisotopic (exact) mass is 350 g/mol. The van der Waals surface area contributed by atoms with Gasteiger partial charge in [-0.3, -0.25) is 4.79 Å². The highest BCUT2D eigenvalue weighted by molar-refractivity contribution is 5.88. The van der Waals surface area contributed by atoms with Gasteiger partial charge in [0, 0.05) is 55.5 Å². The minimum absolute atomic E-state index is 0.241. The molecule has 2 aromatic heterocycles. The Bertz CT molecular complexity index is 886. The van der Waals surface area contributed by atoms with Crippen LogP contribution < -0.4 is 0 Å². The van der Waals surface area contributed by atoms with Crippen molar-refractivity contribution < 1.29 is 4.79 Å². The predicted molar refractivity (Wildman–Crippen MR) is 103 cm³/mol. The maximum atomic E-state index is 12.7. The lowest BCUT2D eigenvalue weighted by atomic mass is 9.96. The van der Waals surface area contributed by atoms with E-state index in [1.807, 2.05) is 29.4 Å². The van der Waals surface area contributed by atoms with Crippen molar-refractivity contribution in [2.75, 3.05) is 13.1 Å². The number of aromatic amines is 1. The minimum atomic E-state index is 0.241. The van der Waals surface area contributed by atoms with Crippen molar-refractivity contribution in [1.29, 1.82) is 0 Å². The summed E-state index contributed by atoms with van der Waals surface area (Å²) in [5.74, 6) is 2.03. The molecule has 0 spiro atoms. The van der Waals surface area contributed by atoms with E-state index in [-0.39, 0.29) is 5.91 Å². The molecule has 3 aromatic rings. The molecule has 1 aromatic carbocycles. The SMILES string of the molecule is CCc1nccn1CC1CCN(C(=O)Cc2c[nH]c3ccccc23)CC1. The number of benzene rings is 1. The maximum absolute atomic E-state index is 12.7. The van der Waals surface area contributed by atoms with Gasteiger partial charge in [0.05, 0.1) is 6.42 Å². The summed E-state index contributed by atoms with van der Waals surface area (Å²) in [6.07, 6.45) is 9.53. The van der Waals surface area contributed by atoms with Crippen molar-refractivity contribution >= 4 is 16.8 Å². The van der Waals surface area contributed by atoms with E-state index in [1.54, 1.807) is 0 Å². The van der Waals surface area contributed by atoms with Crippen LogP contribution in [0.5, 0.6) is 0 Å². The number of aromatic nitrogens is 3. The number of para-hydroxylation sites is 1. The maximum Gasteiger partial charge on any atom is 0.227 e. The number of nitrogens with zero attached hydrogens (tertiary/aromatic N) is 3. The third kappa shape index (κ3) is 3.39. The molecular formula is C21H26N4O. The van der Waals surface area contributed by atoms with Crippen LogP contribution in [-0.2, 0) is 24.2 Å². The molecule has 0 radical (unpaired) electrons. The van der Waals surface area contributed by atoms with Crippen LogP contribution >= 0.6 is 0 Å². The van der Waals surface area contributed by atoms with Crippen molar-refractivity contribution in [3.8, 4) is 0 Å². The van der Waals surface area contributed by atoms with Gasteiger partial charge in [0.25, 0.3) is 0 Å². The number of nitrogens with one attached hydrogen (secondary N) is 1. The third-order valence-corrected chi connectivity index (χ3v) is 5.56. The molecule has 5 nitrogen and oxygen atoms in total. The summed E-state index contributed by atoms with van der Waals surface area (Å²) in [6, 6.07) is 8.17. The van der Waals surface area contributed by atoms with Gasteiger partial charge in [-0.25, -0.2) is 4.98 Å². The number of aryl methyl sites for hydroxylation is 1. The van der Waals surface area contributed by atoms with E-state index < -0.39 is 0 Å². The van der Waals surface area contributed by atoms with Gasteiger partial charge < -0.3 is 14.5 Å². The molecule has 3 heterocycles. The molecule has 0 bridgehead atoms. The Morgan fingerprint density at radius 1 is 1.27 bits per heavy atom. The van der Waals surface area contributed by atoms with Gasteiger partial charge in [0.2, 0.25) is 5.91 Å². The summed E-state index contributed by atoms with van der Waals surface area (Å²) in [7, 11) is 0. The van der Waals surface area contributed by atoms with Gasteiger partial charge in [-0.15, -0.1) is 0 Å². The van der Waals surface area contributed by atoms with E-state index in [9.17, 15) is 4.79 Å². The van der Waals surface area contributed by atoms with Crippen LogP contribution in [-0.4, -0.2) is 38.4 Å². The molecule has 1 N–H and O–H groups in total. The highest BCUT2D eigenvalue weighted by Gasteiger charge is 2.24. The lowest BCUT2D eigenvalue weighted by Gasteiger charge is -2.32. The zero-order valence-corrected chi connectivity index (χ0v) is 15.3. The topological polar surface area (TPSA) is 53.9 Å². The van der Waals surface area contributed by atoms with Crippen LogP contribution in [0.1, 0.15) is 31.2 Å². The molecular weight excluding hydrogens is 324 g/mol. The number of H-pyrrole nitrogens is 1. The Labute approximate surface area is 154 Å². The molecule has 26 heavy (non-hydrogen) atoms. The molecule has 0 unspecified atom stereocenters. The second-order valence-corrected chi connectivity index (χ2v) is 7.21. The Kier molecular flexibility index (Phi) is 4.78. The Hall–Kier alpha value is -2.56. The fourth-order valence-corrected chi connectivity index (χ4v) is 4.02. The van der Waals surface area contributed by atoms with E-state index in [4.69, 9.17) is 0 Å². The molecule has 136 valence electrons. The second kappa shape index (κ2) is 7.36. The third-order valence-electron chi connectivity index (χ3n) is 5.56. The fraction of sp³-hybridized carbons (Fsp3) is 0.429. The number of hydrogen-bond donors (Lipinski definition) is 1. The van der Waals surface area contributed by atoms with Gasteiger partial charge in [-0.05, 0) is 30.4 Å². The van der Waals surface area contributed by atoms with Crippen molar-refractivity contribution in [3.05, 3.63) is 54.2 Å². The molecule has 1 aliphatic rings. The van der Waals surface area contributed by atoms with E-state index in [0.29, 0.717) is 12.3 Å². The van der Waals surface area contributed by atoms with Crippen molar-refractivity contribution in [2.24, 2.45) is 5.92 Å². The Morgan fingerprint density at radius 3 is 2.88 bits per heavy atom. The predicted octanol–water partition coefficient (Wildman–Crippen LogP) is 3.41. The van der Waals surface area contributed by atoms with E-state index in [1.165, 1.54) is 0 Å². The number of hydrogen-bond acceptors (Lipinski definition) is 2. The first-order valence-electron chi connectivity index (χ1n) is 9.57. The number of piperidine rings is 1. The molecule has 0 atom stereocenters. The molecule has 1 saturated heterocycles. The minimum Gasteiger partial charge on any atom is -0.361 e. The van der Waals surface area contributed by atoms with E-state index in [2.05, 4.69) is 39.8 Å². The molecule has 1 amide bonds. The molecule has 5 heteroatoms. The van der Waals surface area contributed by atoms with Crippen molar-refractivity contribution in [3.63, 3.8) is 0 Å². The highest BCUT2D eigenvalue weighted by atomic mass is 16.2. The second-order valence-electron chi connectivity index (χ2n) is 7.21. The number of carbonyl (C=O) groups is 1. The molecule has 0 aliphatic carbocycles. The number of amides is 1. The summed E-state index contributed by atoms with van der Waals surface area (Å²) >= 11 is 0. The molecule has 4 rings (SSSR count). The van der Waals surface area contributed by atoms with Crippen LogP contribution in [0, 0.1) is 5.92 Å². The first-order chi connectivity index (χ1) is 12.7. The molecule has 1 aliphatic heterocycles. The summed E-state index contributed by atoms with van der Waals surface area (Å²) in [5.41, 5.74) is 2.19. The van der Waals surface area contributed by atoms with Gasteiger partial charge >= 0.3 is 0 Å². The quantitative estimate of drug-likeness (QED) is 0.767. The normalized spacial score (nSPS) is 15.7.